The van der Waals surface area contributed by atoms with E-state index < -0.39 is 0 Å². The molecule has 3 rings (SSSR count). The molecule has 1 saturated heterocycles. The molecule has 0 aliphatic carbocycles. The van der Waals surface area contributed by atoms with Crippen molar-refractivity contribution in [2.45, 2.75) is 25.3 Å². The summed E-state index contributed by atoms with van der Waals surface area (Å²) in [5.74, 6) is -0.156. The number of ether oxygens (including phenoxy) is 1. The van der Waals surface area contributed by atoms with E-state index >= 15 is 0 Å². The van der Waals surface area contributed by atoms with Crippen molar-refractivity contribution in [1.82, 2.24) is 15.2 Å². The molecule has 130 valence electrons. The van der Waals surface area contributed by atoms with Gasteiger partial charge in [-0.3, -0.25) is 9.69 Å². The van der Waals surface area contributed by atoms with Crippen molar-refractivity contribution >= 4 is 33.1 Å². The smallest absolute Gasteiger partial charge is 0.263 e. The van der Waals surface area contributed by atoms with Gasteiger partial charge in [0.25, 0.3) is 5.91 Å². The Morgan fingerprint density at radius 3 is 3.08 bits per heavy atom. The van der Waals surface area contributed by atoms with Crippen LogP contribution in [0.1, 0.15) is 40.7 Å². The second kappa shape index (κ2) is 7.46. The van der Waals surface area contributed by atoms with Crippen molar-refractivity contribution in [3.8, 4) is 0 Å². The number of nitrogens with zero attached hydrogens (tertiary/aromatic N) is 2. The maximum absolute atomic E-state index is 11.9. The summed E-state index contributed by atoms with van der Waals surface area (Å²) in [5.41, 5.74) is 7.70. The molecule has 1 amide bonds. The number of carbonyl (C=O) groups is 1. The van der Waals surface area contributed by atoms with Crippen LogP contribution in [0, 0.1) is 0 Å². The molecule has 0 bridgehead atoms. The lowest BCUT2D eigenvalue weighted by atomic mass is 9.98. The van der Waals surface area contributed by atoms with E-state index in [4.69, 9.17) is 15.5 Å². The molecule has 24 heavy (non-hydrogen) atoms. The number of piperidine rings is 1. The Balaban J connectivity index is 1.93. The molecule has 1 aliphatic heterocycles. The highest BCUT2D eigenvalue weighted by Crippen LogP contribution is 2.36. The first kappa shape index (κ1) is 17.1. The standard InChI is InChI=1S/C17H24N4O2S/c1-19-16(22)15-14(18)11-6-7-12(20-17(11)24-15)13-5-3-4-8-21(13)9-10-23-2/h6-7,13H,3-5,8-10,18H2,1-2H3,(H,19,22)/t13-/m1/s1. The van der Waals surface area contributed by atoms with E-state index in [0.29, 0.717) is 16.6 Å². The molecule has 0 radical (unpaired) electrons. The Bertz CT molecular complexity index is 731. The third kappa shape index (κ3) is 3.24. The third-order valence-electron chi connectivity index (χ3n) is 4.59. The van der Waals surface area contributed by atoms with Crippen molar-refractivity contribution < 1.29 is 9.53 Å². The van der Waals surface area contributed by atoms with Gasteiger partial charge in [0.05, 0.1) is 24.0 Å². The number of amides is 1. The summed E-state index contributed by atoms with van der Waals surface area (Å²) in [5, 5.41) is 3.50. The van der Waals surface area contributed by atoms with Gasteiger partial charge >= 0.3 is 0 Å². The number of pyridine rings is 1. The van der Waals surface area contributed by atoms with Crippen LogP contribution >= 0.6 is 11.3 Å². The van der Waals surface area contributed by atoms with Crippen molar-refractivity contribution in [2.75, 3.05) is 39.6 Å². The lowest BCUT2D eigenvalue weighted by Crippen LogP contribution is -2.36. The number of aromatic nitrogens is 1. The van der Waals surface area contributed by atoms with Crippen LogP contribution in [-0.2, 0) is 4.74 Å². The monoisotopic (exact) mass is 348 g/mol. The van der Waals surface area contributed by atoms with E-state index in [1.165, 1.54) is 24.2 Å². The van der Waals surface area contributed by atoms with Gasteiger partial charge in [0, 0.05) is 26.1 Å². The Morgan fingerprint density at radius 1 is 1.50 bits per heavy atom. The fourth-order valence-electron chi connectivity index (χ4n) is 3.28. The van der Waals surface area contributed by atoms with Gasteiger partial charge < -0.3 is 15.8 Å². The number of anilines is 1. The van der Waals surface area contributed by atoms with Gasteiger partial charge in [-0.1, -0.05) is 6.42 Å². The van der Waals surface area contributed by atoms with Crippen LogP contribution in [0.5, 0.6) is 0 Å². The highest BCUT2D eigenvalue weighted by molar-refractivity contribution is 7.21. The van der Waals surface area contributed by atoms with Crippen molar-refractivity contribution in [3.05, 3.63) is 22.7 Å². The lowest BCUT2D eigenvalue weighted by Gasteiger charge is -2.35. The number of nitrogen functional groups attached to an aromatic ring is 1. The molecule has 0 spiro atoms. The molecule has 1 fully saturated rings. The molecule has 1 aliphatic rings. The van der Waals surface area contributed by atoms with Gasteiger partial charge in [-0.2, -0.15) is 0 Å². The fourth-order valence-corrected chi connectivity index (χ4v) is 4.33. The van der Waals surface area contributed by atoms with Crippen LogP contribution < -0.4 is 11.1 Å². The first-order valence-corrected chi connectivity index (χ1v) is 9.11. The molecule has 1 atom stereocenters. The molecule has 0 saturated carbocycles. The summed E-state index contributed by atoms with van der Waals surface area (Å²) in [6.45, 7) is 2.71. The minimum atomic E-state index is -0.156. The lowest BCUT2D eigenvalue weighted by molar-refractivity contribution is 0.0944. The van der Waals surface area contributed by atoms with Gasteiger partial charge in [-0.05, 0) is 31.5 Å². The number of rotatable bonds is 5. The largest absolute Gasteiger partial charge is 0.397 e. The number of carbonyl (C=O) groups excluding carboxylic acids is 1. The molecule has 7 heteroatoms. The highest BCUT2D eigenvalue weighted by atomic mass is 32.1. The molecule has 3 heterocycles. The zero-order valence-electron chi connectivity index (χ0n) is 14.2. The van der Waals surface area contributed by atoms with Gasteiger partial charge in [-0.15, -0.1) is 11.3 Å². The first-order chi connectivity index (χ1) is 11.7. The van der Waals surface area contributed by atoms with Gasteiger partial charge in [0.2, 0.25) is 0 Å². The number of fused-ring (bicyclic) bond motifs is 1. The van der Waals surface area contributed by atoms with E-state index in [1.54, 1.807) is 14.2 Å². The molecular formula is C17H24N4O2S. The van der Waals surface area contributed by atoms with Crippen LogP contribution in [0.2, 0.25) is 0 Å². The molecule has 2 aromatic heterocycles. The summed E-state index contributed by atoms with van der Waals surface area (Å²) in [4.78, 5) is 20.6. The highest BCUT2D eigenvalue weighted by Gasteiger charge is 2.25. The van der Waals surface area contributed by atoms with Crippen LogP contribution in [-0.4, -0.2) is 49.6 Å². The van der Waals surface area contributed by atoms with E-state index in [0.717, 1.165) is 42.0 Å². The molecule has 6 nitrogen and oxygen atoms in total. The number of methoxy groups -OCH3 is 1. The van der Waals surface area contributed by atoms with Gasteiger partial charge in [-0.25, -0.2) is 4.98 Å². The number of hydrogen-bond acceptors (Lipinski definition) is 6. The molecule has 0 unspecified atom stereocenters. The molecule has 3 N–H and O–H groups in total. The summed E-state index contributed by atoms with van der Waals surface area (Å²) in [6, 6.07) is 4.36. The second-order valence-electron chi connectivity index (χ2n) is 6.05. The quantitative estimate of drug-likeness (QED) is 0.867. The Morgan fingerprint density at radius 2 is 2.33 bits per heavy atom. The number of likely N-dealkylation sites (tertiary alicyclic amines) is 1. The molecular weight excluding hydrogens is 324 g/mol. The normalized spacial score (nSPS) is 18.8. The maximum Gasteiger partial charge on any atom is 0.263 e. The average molecular weight is 348 g/mol. The summed E-state index contributed by atoms with van der Waals surface area (Å²) in [7, 11) is 3.35. The number of nitrogens with one attached hydrogen (secondary N) is 1. The summed E-state index contributed by atoms with van der Waals surface area (Å²) < 4.78 is 5.24. The third-order valence-corrected chi connectivity index (χ3v) is 5.70. The molecule has 0 aromatic carbocycles. The van der Waals surface area contributed by atoms with E-state index in [1.807, 2.05) is 6.07 Å². The Hall–Kier alpha value is -1.70. The van der Waals surface area contributed by atoms with Gasteiger partial charge in [0.1, 0.15) is 9.71 Å². The predicted octanol–water partition coefficient (Wildman–Crippen LogP) is 2.41. The predicted molar refractivity (Wildman–Crippen MR) is 97.5 cm³/mol. The SMILES string of the molecule is CNC(=O)c1sc2nc([C@H]3CCCCN3CCOC)ccc2c1N. The number of nitrogens with two attached hydrogens (primary N) is 1. The first-order valence-electron chi connectivity index (χ1n) is 8.29. The number of hydrogen-bond donors (Lipinski definition) is 2. The Kier molecular flexibility index (Phi) is 5.33. The topological polar surface area (TPSA) is 80.5 Å². The fraction of sp³-hybridized carbons (Fsp3) is 0.529. The summed E-state index contributed by atoms with van der Waals surface area (Å²) >= 11 is 1.36. The van der Waals surface area contributed by atoms with Gasteiger partial charge in [0.15, 0.2) is 0 Å². The van der Waals surface area contributed by atoms with Crippen molar-refractivity contribution in [2.24, 2.45) is 0 Å². The van der Waals surface area contributed by atoms with E-state index in [9.17, 15) is 4.79 Å². The Labute approximate surface area is 146 Å². The van der Waals surface area contributed by atoms with Crippen LogP contribution in [0.15, 0.2) is 12.1 Å². The second-order valence-corrected chi connectivity index (χ2v) is 7.05. The minimum Gasteiger partial charge on any atom is -0.397 e. The average Bonchev–Trinajstić information content (AvgIpc) is 2.95. The zero-order valence-corrected chi connectivity index (χ0v) is 15.0. The van der Waals surface area contributed by atoms with E-state index in [2.05, 4.69) is 16.3 Å². The maximum atomic E-state index is 11.9. The van der Waals surface area contributed by atoms with Crippen molar-refractivity contribution in [3.63, 3.8) is 0 Å². The van der Waals surface area contributed by atoms with E-state index in [-0.39, 0.29) is 5.91 Å². The van der Waals surface area contributed by atoms with Crippen molar-refractivity contribution in [1.29, 1.82) is 0 Å². The zero-order chi connectivity index (χ0) is 17.1. The van der Waals surface area contributed by atoms with Crippen LogP contribution in [0.4, 0.5) is 5.69 Å². The molecule has 2 aromatic rings. The minimum absolute atomic E-state index is 0.156. The summed E-state index contributed by atoms with van der Waals surface area (Å²) in [6.07, 6.45) is 3.53. The van der Waals surface area contributed by atoms with Crippen LogP contribution in [0.25, 0.3) is 10.2 Å². The number of thiophene rings is 1. The van der Waals surface area contributed by atoms with Crippen LogP contribution in [0.3, 0.4) is 0 Å².